The van der Waals surface area contributed by atoms with Gasteiger partial charge in [-0.05, 0) is 55.8 Å². The number of aromatic nitrogens is 2. The lowest BCUT2D eigenvalue weighted by Crippen LogP contribution is -2.46. The number of thiophene rings is 1. The highest BCUT2D eigenvalue weighted by molar-refractivity contribution is 7.23. The number of halogens is 6. The van der Waals surface area contributed by atoms with E-state index in [1.165, 1.54) is 6.92 Å². The standard InChI is InChI=1S/C35H33F6N7O2S/c1-17(49)46-13-18-4-2-9-48(25(18)15-46)32-21-10-23(35(39,40)41)27(20-5-6-24(37)30-26(20)22(12-42)31(43)51-30)28(38)29(21)44-33(45-32)50-16-34-7-3-8-47(34)14-19(36)11-34/h5-6,10,18-19,25H,2-4,7-9,11,13-16,43H2,1H3. The summed E-state index contributed by atoms with van der Waals surface area (Å²) in [5, 5.41) is 9.29. The van der Waals surface area contributed by atoms with Crippen molar-refractivity contribution in [2.24, 2.45) is 5.92 Å². The number of carbonyl (C=O) groups is 1. The number of nitrogen functional groups attached to an aromatic ring is 1. The van der Waals surface area contributed by atoms with Gasteiger partial charge in [0, 0.05) is 55.9 Å². The van der Waals surface area contributed by atoms with Gasteiger partial charge < -0.3 is 20.3 Å². The number of hydrogen-bond acceptors (Lipinski definition) is 9. The second-order valence-corrected chi connectivity index (χ2v) is 15.1. The Morgan fingerprint density at radius 3 is 2.73 bits per heavy atom. The van der Waals surface area contributed by atoms with E-state index in [4.69, 9.17) is 10.5 Å². The molecular weight excluding hydrogens is 696 g/mol. The molecule has 2 aromatic carbocycles. The maximum absolute atomic E-state index is 17.2. The molecule has 0 bridgehead atoms. The van der Waals surface area contributed by atoms with E-state index in [1.54, 1.807) is 4.90 Å². The van der Waals surface area contributed by atoms with Gasteiger partial charge in [0.1, 0.15) is 41.0 Å². The fraction of sp³-hybridized carbons (Fsp3) is 0.486. The molecule has 0 aliphatic carbocycles. The lowest BCUT2D eigenvalue weighted by molar-refractivity contribution is -0.137. The van der Waals surface area contributed by atoms with Crippen LogP contribution in [0.5, 0.6) is 6.01 Å². The number of hydrogen-bond donors (Lipinski definition) is 1. The molecule has 0 saturated carbocycles. The van der Waals surface area contributed by atoms with Crippen molar-refractivity contribution in [1.29, 1.82) is 5.26 Å². The SMILES string of the molecule is CC(=O)N1CC2CCCN(c3nc(OCC45CCCN4CC(F)C5)nc4c(F)c(-c5ccc(F)c6sc(N)c(C#N)c56)c(C(F)(F)F)cc34)C2C1. The Balaban J connectivity index is 1.35. The zero-order valence-electron chi connectivity index (χ0n) is 27.5. The summed E-state index contributed by atoms with van der Waals surface area (Å²) in [6.45, 7) is 3.58. The molecule has 8 rings (SSSR count). The molecule has 4 fully saturated rings. The Kier molecular flexibility index (Phi) is 8.02. The summed E-state index contributed by atoms with van der Waals surface area (Å²) in [5.74, 6) is -2.26. The summed E-state index contributed by atoms with van der Waals surface area (Å²) in [4.78, 5) is 26.9. The van der Waals surface area contributed by atoms with Gasteiger partial charge >= 0.3 is 12.2 Å². The molecule has 4 aliphatic heterocycles. The summed E-state index contributed by atoms with van der Waals surface area (Å²) in [7, 11) is 0. The quantitative estimate of drug-likeness (QED) is 0.227. The van der Waals surface area contributed by atoms with Crippen LogP contribution in [0.3, 0.4) is 0 Å². The van der Waals surface area contributed by atoms with Gasteiger partial charge in [0.05, 0.1) is 27.4 Å². The Morgan fingerprint density at radius 2 is 1.98 bits per heavy atom. The Bertz CT molecular complexity index is 2140. The number of anilines is 2. The van der Waals surface area contributed by atoms with Crippen LogP contribution in [-0.4, -0.2) is 82.8 Å². The van der Waals surface area contributed by atoms with Crippen LogP contribution in [0.25, 0.3) is 32.1 Å². The molecule has 0 radical (unpaired) electrons. The van der Waals surface area contributed by atoms with Crippen molar-refractivity contribution >= 4 is 49.1 Å². The average molecular weight is 730 g/mol. The summed E-state index contributed by atoms with van der Waals surface area (Å²) in [6.07, 6.45) is -2.96. The van der Waals surface area contributed by atoms with E-state index in [1.807, 2.05) is 15.9 Å². The van der Waals surface area contributed by atoms with Crippen molar-refractivity contribution in [1.82, 2.24) is 19.8 Å². The third-order valence-corrected chi connectivity index (χ3v) is 12.2. The highest BCUT2D eigenvalue weighted by atomic mass is 32.1. The molecule has 4 saturated heterocycles. The number of likely N-dealkylation sites (tertiary alicyclic amines) is 1. The van der Waals surface area contributed by atoms with Crippen molar-refractivity contribution in [3.63, 3.8) is 0 Å². The first-order chi connectivity index (χ1) is 24.3. The van der Waals surface area contributed by atoms with Crippen LogP contribution in [0, 0.1) is 28.9 Å². The molecule has 1 amide bonds. The minimum Gasteiger partial charge on any atom is -0.461 e. The molecule has 2 aromatic heterocycles. The first-order valence-electron chi connectivity index (χ1n) is 16.9. The molecule has 2 N–H and O–H groups in total. The van der Waals surface area contributed by atoms with Crippen LogP contribution < -0.4 is 15.4 Å². The maximum Gasteiger partial charge on any atom is 0.417 e. The van der Waals surface area contributed by atoms with Gasteiger partial charge in [-0.2, -0.15) is 28.4 Å². The van der Waals surface area contributed by atoms with Crippen molar-refractivity contribution in [2.75, 3.05) is 50.0 Å². The number of nitriles is 1. The second kappa shape index (κ2) is 12.1. The molecule has 4 atom stereocenters. The number of fused-ring (bicyclic) bond motifs is 4. The number of ether oxygens (including phenoxy) is 1. The van der Waals surface area contributed by atoms with Crippen molar-refractivity contribution in [3.05, 3.63) is 41.0 Å². The smallest absolute Gasteiger partial charge is 0.417 e. The molecule has 0 spiro atoms. The van der Waals surface area contributed by atoms with E-state index in [9.17, 15) is 18.8 Å². The Labute approximate surface area is 292 Å². The minimum atomic E-state index is -5.11. The highest BCUT2D eigenvalue weighted by Gasteiger charge is 2.50. The normalized spacial score (nSPS) is 25.1. The van der Waals surface area contributed by atoms with E-state index in [0.29, 0.717) is 50.4 Å². The van der Waals surface area contributed by atoms with Gasteiger partial charge in [-0.3, -0.25) is 9.69 Å². The zero-order valence-corrected chi connectivity index (χ0v) is 28.3. The third kappa shape index (κ3) is 5.42. The number of carbonyl (C=O) groups excluding carboxylic acids is 1. The largest absolute Gasteiger partial charge is 0.461 e. The number of nitrogens with zero attached hydrogens (tertiary/aromatic N) is 6. The molecular formula is C35H33F6N7O2S. The van der Waals surface area contributed by atoms with Crippen LogP contribution in [0.2, 0.25) is 0 Å². The minimum absolute atomic E-state index is 0.00403. The maximum atomic E-state index is 17.2. The number of piperidine rings is 1. The van der Waals surface area contributed by atoms with E-state index in [-0.39, 0.29) is 80.9 Å². The fourth-order valence-electron chi connectivity index (χ4n) is 8.82. The van der Waals surface area contributed by atoms with E-state index >= 15 is 17.6 Å². The van der Waals surface area contributed by atoms with E-state index in [2.05, 4.69) is 9.97 Å². The zero-order chi connectivity index (χ0) is 36.0. The monoisotopic (exact) mass is 729 g/mol. The number of alkyl halides is 4. The highest BCUT2D eigenvalue weighted by Crippen LogP contribution is 2.49. The molecule has 268 valence electrons. The Morgan fingerprint density at radius 1 is 1.18 bits per heavy atom. The summed E-state index contributed by atoms with van der Waals surface area (Å²) in [6, 6.07) is 3.97. The molecule has 9 nitrogen and oxygen atoms in total. The summed E-state index contributed by atoms with van der Waals surface area (Å²) in [5.41, 5.74) is 2.00. The van der Waals surface area contributed by atoms with Crippen molar-refractivity contribution < 1.29 is 35.9 Å². The lowest BCUT2D eigenvalue weighted by Gasteiger charge is -2.38. The summed E-state index contributed by atoms with van der Waals surface area (Å²) >= 11 is 0.688. The van der Waals surface area contributed by atoms with Crippen LogP contribution in [0.1, 0.15) is 50.2 Å². The van der Waals surface area contributed by atoms with Gasteiger partial charge in [0.2, 0.25) is 5.91 Å². The Hall–Kier alpha value is -4.36. The van der Waals surface area contributed by atoms with Crippen LogP contribution in [-0.2, 0) is 11.0 Å². The molecule has 4 aliphatic rings. The predicted octanol–water partition coefficient (Wildman–Crippen LogP) is 6.66. The number of nitrogens with two attached hydrogens (primary N) is 1. The van der Waals surface area contributed by atoms with E-state index < -0.39 is 46.2 Å². The molecule has 16 heteroatoms. The average Bonchev–Trinajstić information content (AvgIpc) is 3.84. The third-order valence-electron chi connectivity index (χ3n) is 11.1. The van der Waals surface area contributed by atoms with Crippen LogP contribution in [0.4, 0.5) is 37.2 Å². The predicted molar refractivity (Wildman–Crippen MR) is 179 cm³/mol. The lowest BCUT2D eigenvalue weighted by atomic mass is 9.90. The molecule has 6 heterocycles. The molecule has 51 heavy (non-hydrogen) atoms. The van der Waals surface area contributed by atoms with Gasteiger partial charge in [-0.15, -0.1) is 11.3 Å². The van der Waals surface area contributed by atoms with Crippen molar-refractivity contribution in [3.8, 4) is 23.2 Å². The summed E-state index contributed by atoms with van der Waals surface area (Å²) < 4.78 is 98.0. The fourth-order valence-corrected chi connectivity index (χ4v) is 9.77. The molecule has 4 unspecified atom stereocenters. The van der Waals surface area contributed by atoms with Gasteiger partial charge in [0.25, 0.3) is 0 Å². The van der Waals surface area contributed by atoms with Crippen LogP contribution in [0.15, 0.2) is 18.2 Å². The molecule has 4 aromatic rings. The van der Waals surface area contributed by atoms with Gasteiger partial charge in [0.15, 0.2) is 5.82 Å². The first-order valence-corrected chi connectivity index (χ1v) is 17.7. The number of rotatable bonds is 5. The second-order valence-electron chi connectivity index (χ2n) is 14.0. The van der Waals surface area contributed by atoms with E-state index in [0.717, 1.165) is 31.0 Å². The van der Waals surface area contributed by atoms with Crippen LogP contribution >= 0.6 is 11.3 Å². The van der Waals surface area contributed by atoms with Gasteiger partial charge in [-0.1, -0.05) is 6.07 Å². The van der Waals surface area contributed by atoms with Crippen molar-refractivity contribution in [2.45, 2.75) is 63.0 Å². The van der Waals surface area contributed by atoms with Gasteiger partial charge in [-0.25, -0.2) is 13.2 Å². The topological polar surface area (TPSA) is 112 Å². The number of benzene rings is 2. The number of amides is 1. The first kappa shape index (κ1) is 33.8.